The van der Waals surface area contributed by atoms with Crippen molar-refractivity contribution in [2.45, 2.75) is 123 Å². The maximum atomic E-state index is 11.6. The van der Waals surface area contributed by atoms with Gasteiger partial charge < -0.3 is 10.2 Å². The zero-order valence-corrected chi connectivity index (χ0v) is 19.9. The summed E-state index contributed by atoms with van der Waals surface area (Å²) in [7, 11) is 0. The van der Waals surface area contributed by atoms with Crippen LogP contribution in [-0.4, -0.2) is 21.9 Å². The minimum Gasteiger partial charge on any atom is -0.390 e. The van der Waals surface area contributed by atoms with E-state index in [9.17, 15) is 10.2 Å². The van der Waals surface area contributed by atoms with Gasteiger partial charge in [0.2, 0.25) is 0 Å². The van der Waals surface area contributed by atoms with Crippen LogP contribution in [0.1, 0.15) is 112 Å². The van der Waals surface area contributed by atoms with Crippen LogP contribution in [0.4, 0.5) is 0 Å². The molecule has 9 atom stereocenters. The highest BCUT2D eigenvalue weighted by molar-refractivity contribution is 5.16. The van der Waals surface area contributed by atoms with E-state index in [0.29, 0.717) is 17.3 Å². The lowest BCUT2D eigenvalue weighted by atomic mass is 9.42. The van der Waals surface area contributed by atoms with Gasteiger partial charge in [0, 0.05) is 5.41 Å². The fourth-order valence-corrected chi connectivity index (χ4v) is 9.33. The van der Waals surface area contributed by atoms with Gasteiger partial charge in [-0.3, -0.25) is 0 Å². The first-order valence-electron chi connectivity index (χ1n) is 13.0. The predicted molar refractivity (Wildman–Crippen MR) is 121 cm³/mol. The Labute approximate surface area is 180 Å². The highest BCUT2D eigenvalue weighted by Gasteiger charge is 2.66. The summed E-state index contributed by atoms with van der Waals surface area (Å²) in [5.74, 6) is 4.51. The van der Waals surface area contributed by atoms with Crippen LogP contribution in [0, 0.1) is 46.3 Å². The molecule has 168 valence electrons. The molecule has 4 rings (SSSR count). The second-order valence-electron chi connectivity index (χ2n) is 12.7. The Hall–Kier alpha value is -0.0800. The van der Waals surface area contributed by atoms with Gasteiger partial charge in [0.25, 0.3) is 0 Å². The van der Waals surface area contributed by atoms with Crippen molar-refractivity contribution in [3.63, 3.8) is 0 Å². The molecule has 0 bridgehead atoms. The van der Waals surface area contributed by atoms with Crippen molar-refractivity contribution in [2.75, 3.05) is 0 Å². The Bertz CT molecular complexity index is 587. The maximum Gasteiger partial charge on any atom is 0.0961 e. The van der Waals surface area contributed by atoms with Crippen LogP contribution in [0.25, 0.3) is 0 Å². The first-order chi connectivity index (χ1) is 13.6. The van der Waals surface area contributed by atoms with Gasteiger partial charge >= 0.3 is 0 Å². The quantitative estimate of drug-likeness (QED) is 0.543. The fourth-order valence-electron chi connectivity index (χ4n) is 9.33. The smallest absolute Gasteiger partial charge is 0.0961 e. The van der Waals surface area contributed by atoms with Crippen LogP contribution in [0.15, 0.2) is 0 Å². The summed E-state index contributed by atoms with van der Waals surface area (Å²) in [6.07, 6.45) is 14.1. The zero-order valence-electron chi connectivity index (χ0n) is 19.9. The van der Waals surface area contributed by atoms with Crippen LogP contribution in [0.3, 0.4) is 0 Å². The lowest BCUT2D eigenvalue weighted by Crippen LogP contribution is -2.67. The molecule has 0 amide bonds. The average Bonchev–Trinajstić information content (AvgIpc) is 3.01. The third-order valence-electron chi connectivity index (χ3n) is 11.0. The van der Waals surface area contributed by atoms with Gasteiger partial charge in [-0.25, -0.2) is 0 Å². The minimum atomic E-state index is -0.831. The van der Waals surface area contributed by atoms with E-state index in [1.54, 1.807) is 0 Å². The second kappa shape index (κ2) is 7.80. The molecule has 4 aliphatic rings. The number of hydrogen-bond donors (Lipinski definition) is 2. The molecule has 0 unspecified atom stereocenters. The summed E-state index contributed by atoms with van der Waals surface area (Å²) < 4.78 is 0. The molecule has 4 fully saturated rings. The predicted octanol–water partition coefficient (Wildman–Crippen LogP) is 6.58. The summed E-state index contributed by atoms with van der Waals surface area (Å²) >= 11 is 0. The number of aliphatic hydroxyl groups is 2. The summed E-state index contributed by atoms with van der Waals surface area (Å²) in [4.78, 5) is 0. The van der Waals surface area contributed by atoms with Crippen LogP contribution in [-0.2, 0) is 0 Å². The Kier molecular flexibility index (Phi) is 5.95. The van der Waals surface area contributed by atoms with Gasteiger partial charge in [0.1, 0.15) is 0 Å². The van der Waals surface area contributed by atoms with Crippen molar-refractivity contribution in [3.05, 3.63) is 0 Å². The molecular formula is C27H48O2. The zero-order chi connectivity index (χ0) is 21.0. The molecule has 0 heterocycles. The van der Waals surface area contributed by atoms with Crippen LogP contribution in [0.2, 0.25) is 0 Å². The number of aliphatic hydroxyl groups excluding tert-OH is 1. The first kappa shape index (κ1) is 22.1. The Morgan fingerprint density at radius 3 is 2.34 bits per heavy atom. The van der Waals surface area contributed by atoms with E-state index < -0.39 is 11.7 Å². The Morgan fingerprint density at radius 2 is 1.62 bits per heavy atom. The highest BCUT2D eigenvalue weighted by atomic mass is 16.3. The van der Waals surface area contributed by atoms with Crippen molar-refractivity contribution in [1.82, 2.24) is 0 Å². The monoisotopic (exact) mass is 404 g/mol. The molecule has 4 aliphatic carbocycles. The Balaban J connectivity index is 1.53. The maximum absolute atomic E-state index is 11.6. The van der Waals surface area contributed by atoms with Crippen LogP contribution in [0.5, 0.6) is 0 Å². The largest absolute Gasteiger partial charge is 0.390 e. The summed E-state index contributed by atoms with van der Waals surface area (Å²) in [5, 5.41) is 22.8. The van der Waals surface area contributed by atoms with E-state index >= 15 is 0 Å². The van der Waals surface area contributed by atoms with Gasteiger partial charge in [-0.1, -0.05) is 66.7 Å². The summed E-state index contributed by atoms with van der Waals surface area (Å²) in [6, 6.07) is 0. The van der Waals surface area contributed by atoms with Gasteiger partial charge in [-0.15, -0.1) is 0 Å². The first-order valence-corrected chi connectivity index (χ1v) is 13.0. The van der Waals surface area contributed by atoms with E-state index in [1.807, 2.05) is 0 Å². The van der Waals surface area contributed by atoms with E-state index in [0.717, 1.165) is 49.4 Å². The third kappa shape index (κ3) is 3.34. The molecule has 29 heavy (non-hydrogen) atoms. The van der Waals surface area contributed by atoms with Crippen molar-refractivity contribution < 1.29 is 10.2 Å². The second-order valence-corrected chi connectivity index (χ2v) is 12.7. The molecule has 2 heteroatoms. The van der Waals surface area contributed by atoms with Crippen LogP contribution < -0.4 is 0 Å². The summed E-state index contributed by atoms with van der Waals surface area (Å²) in [6.45, 7) is 12.2. The molecular weight excluding hydrogens is 356 g/mol. The minimum absolute atomic E-state index is 0.0735. The fraction of sp³-hybridized carbons (Fsp3) is 1.00. The van der Waals surface area contributed by atoms with Gasteiger partial charge in [-0.2, -0.15) is 0 Å². The van der Waals surface area contributed by atoms with Crippen molar-refractivity contribution in [2.24, 2.45) is 46.3 Å². The molecule has 2 nitrogen and oxygen atoms in total. The SMILES string of the molecule is CC(C)CCC[C@H](C)[C@H]1CC[C@H]2[C@@H]3C[C@@H](O)[C@@]4(O)CCCC[C@]4(C)[C@H]3CC[C@]12C. The van der Waals surface area contributed by atoms with Gasteiger partial charge in [0.05, 0.1) is 11.7 Å². The number of fused-ring (bicyclic) bond motifs is 5. The molecule has 0 aromatic carbocycles. The molecule has 0 aromatic heterocycles. The normalized spacial score (nSPS) is 50.7. The molecule has 0 saturated heterocycles. The van der Waals surface area contributed by atoms with E-state index in [2.05, 4.69) is 34.6 Å². The molecule has 4 saturated carbocycles. The Morgan fingerprint density at radius 1 is 0.897 bits per heavy atom. The summed E-state index contributed by atoms with van der Waals surface area (Å²) in [5.41, 5.74) is -0.448. The van der Waals surface area contributed by atoms with Crippen molar-refractivity contribution in [1.29, 1.82) is 0 Å². The molecule has 0 spiro atoms. The average molecular weight is 405 g/mol. The number of rotatable bonds is 5. The van der Waals surface area contributed by atoms with Crippen LogP contribution >= 0.6 is 0 Å². The molecule has 2 N–H and O–H groups in total. The van der Waals surface area contributed by atoms with Crippen molar-refractivity contribution >= 4 is 0 Å². The lowest BCUT2D eigenvalue weighted by molar-refractivity contribution is -0.253. The molecule has 0 radical (unpaired) electrons. The van der Waals surface area contributed by atoms with E-state index in [-0.39, 0.29) is 5.41 Å². The third-order valence-corrected chi connectivity index (χ3v) is 11.0. The van der Waals surface area contributed by atoms with Gasteiger partial charge in [-0.05, 0) is 85.9 Å². The van der Waals surface area contributed by atoms with Crippen molar-refractivity contribution in [3.8, 4) is 0 Å². The lowest BCUT2D eigenvalue weighted by Gasteiger charge is -2.65. The topological polar surface area (TPSA) is 40.5 Å². The molecule has 0 aliphatic heterocycles. The van der Waals surface area contributed by atoms with Gasteiger partial charge in [0.15, 0.2) is 0 Å². The van der Waals surface area contributed by atoms with E-state index in [4.69, 9.17) is 0 Å². The standard InChI is InChI=1S/C27H48O2/c1-18(2)9-8-10-19(3)21-11-12-22-20-17-24(28)27(29)15-7-6-14-26(27,5)23(20)13-16-25(21,22)4/h18-24,28-29H,6-17H2,1-5H3/t19-,20-,21+,22-,23-,24+,25+,26+,27-/m0/s1. The van der Waals surface area contributed by atoms with E-state index in [1.165, 1.54) is 51.4 Å². The highest BCUT2D eigenvalue weighted by Crippen LogP contribution is 2.69. The molecule has 0 aromatic rings. The number of hydrogen-bond acceptors (Lipinski definition) is 2.